The first-order valence-corrected chi connectivity index (χ1v) is 20.0. The molecule has 4 nitrogen and oxygen atoms in total. The van der Waals surface area contributed by atoms with Crippen LogP contribution in [-0.4, -0.2) is 22.0 Å². The van der Waals surface area contributed by atoms with E-state index in [2.05, 4.69) is 183 Å². The molecule has 2 heterocycles. The zero-order chi connectivity index (χ0) is 39.0. The van der Waals surface area contributed by atoms with Gasteiger partial charge in [0.05, 0.1) is 17.1 Å². The smallest absolute Gasteiger partial charge is 0.160 e. The van der Waals surface area contributed by atoms with E-state index in [4.69, 9.17) is 15.0 Å². The summed E-state index contributed by atoms with van der Waals surface area (Å²) < 4.78 is 0. The van der Waals surface area contributed by atoms with Crippen LogP contribution < -0.4 is 4.90 Å². The van der Waals surface area contributed by atoms with Crippen molar-refractivity contribution in [2.45, 2.75) is 45.4 Å². The molecular formula is C53H48N4. The first-order chi connectivity index (χ1) is 28.1. The molecule has 6 aromatic rings. The number of aryl methyl sites for hydroxylation is 1. The number of pyridine rings is 1. The van der Waals surface area contributed by atoms with Crippen LogP contribution in [0.1, 0.15) is 66.1 Å². The SMILES string of the molecule is C=CCC/C=C(\C)c1ccccc1N(C)c1ccc(-c2cc(/C3=C/C/C=C\C=C/Cc4ccccc43)nc(-c3ccc(-c4nccc5c4C=CCC5)cc3)n2)cc1. The molecule has 2 aliphatic rings. The molecule has 2 aliphatic carbocycles. The summed E-state index contributed by atoms with van der Waals surface area (Å²) in [5.41, 5.74) is 16.8. The highest BCUT2D eigenvalue weighted by Crippen LogP contribution is 2.36. The molecule has 2 aromatic heterocycles. The van der Waals surface area contributed by atoms with Gasteiger partial charge in [-0.2, -0.15) is 0 Å². The van der Waals surface area contributed by atoms with E-state index in [0.29, 0.717) is 5.82 Å². The predicted octanol–water partition coefficient (Wildman–Crippen LogP) is 13.5. The van der Waals surface area contributed by atoms with Gasteiger partial charge in [-0.25, -0.2) is 9.97 Å². The Kier molecular flexibility index (Phi) is 11.4. The van der Waals surface area contributed by atoms with Crippen molar-refractivity contribution in [2.24, 2.45) is 0 Å². The number of fused-ring (bicyclic) bond motifs is 2. The van der Waals surface area contributed by atoms with E-state index in [0.717, 1.165) is 83.6 Å². The lowest BCUT2D eigenvalue weighted by atomic mass is 9.93. The van der Waals surface area contributed by atoms with Gasteiger partial charge in [-0.1, -0.05) is 134 Å². The van der Waals surface area contributed by atoms with Crippen molar-refractivity contribution in [1.82, 2.24) is 15.0 Å². The lowest BCUT2D eigenvalue weighted by Crippen LogP contribution is -2.11. The van der Waals surface area contributed by atoms with Gasteiger partial charge in [-0.15, -0.1) is 6.58 Å². The number of para-hydroxylation sites is 1. The second-order valence-electron chi connectivity index (χ2n) is 14.7. The summed E-state index contributed by atoms with van der Waals surface area (Å²) in [6.45, 7) is 6.08. The summed E-state index contributed by atoms with van der Waals surface area (Å²) in [5, 5.41) is 0. The number of nitrogens with zero attached hydrogens (tertiary/aromatic N) is 4. The Morgan fingerprint density at radius 2 is 1.51 bits per heavy atom. The minimum atomic E-state index is 0.691. The van der Waals surface area contributed by atoms with E-state index < -0.39 is 0 Å². The van der Waals surface area contributed by atoms with Gasteiger partial charge in [0.15, 0.2) is 5.82 Å². The molecule has 0 bridgehead atoms. The van der Waals surface area contributed by atoms with Crippen LogP contribution in [0, 0.1) is 0 Å². The lowest BCUT2D eigenvalue weighted by molar-refractivity contribution is 0.978. The molecule has 57 heavy (non-hydrogen) atoms. The second kappa shape index (κ2) is 17.4. The monoisotopic (exact) mass is 740 g/mol. The van der Waals surface area contributed by atoms with Crippen molar-refractivity contribution in [3.8, 4) is 33.9 Å². The zero-order valence-electron chi connectivity index (χ0n) is 32.9. The predicted molar refractivity (Wildman–Crippen MR) is 241 cm³/mol. The fourth-order valence-electron chi connectivity index (χ4n) is 7.78. The fourth-order valence-corrected chi connectivity index (χ4v) is 7.78. The van der Waals surface area contributed by atoms with E-state index in [1.54, 1.807) is 0 Å². The van der Waals surface area contributed by atoms with Gasteiger partial charge in [0.1, 0.15) is 0 Å². The average Bonchev–Trinajstić information content (AvgIpc) is 3.27. The van der Waals surface area contributed by atoms with E-state index in [1.807, 2.05) is 12.3 Å². The number of aromatic nitrogens is 3. The molecule has 0 atom stereocenters. The number of anilines is 2. The molecule has 0 saturated carbocycles. The average molecular weight is 741 g/mol. The molecule has 280 valence electrons. The van der Waals surface area contributed by atoms with Gasteiger partial charge < -0.3 is 4.90 Å². The third kappa shape index (κ3) is 8.32. The number of benzene rings is 4. The maximum atomic E-state index is 5.32. The summed E-state index contributed by atoms with van der Waals surface area (Å²) in [4.78, 5) is 17.6. The highest BCUT2D eigenvalue weighted by Gasteiger charge is 2.18. The summed E-state index contributed by atoms with van der Waals surface area (Å²) >= 11 is 0. The van der Waals surface area contributed by atoms with Gasteiger partial charge in [-0.3, -0.25) is 4.98 Å². The zero-order valence-corrected chi connectivity index (χ0v) is 32.9. The van der Waals surface area contributed by atoms with Crippen LogP contribution in [0.4, 0.5) is 11.4 Å². The second-order valence-corrected chi connectivity index (χ2v) is 14.7. The summed E-state index contributed by atoms with van der Waals surface area (Å²) in [7, 11) is 2.14. The molecule has 0 radical (unpaired) electrons. The Labute approximate surface area is 337 Å². The van der Waals surface area contributed by atoms with Crippen LogP contribution >= 0.6 is 0 Å². The summed E-state index contributed by atoms with van der Waals surface area (Å²) in [6, 6.07) is 38.9. The van der Waals surface area contributed by atoms with E-state index in [9.17, 15) is 0 Å². The van der Waals surface area contributed by atoms with Crippen LogP contribution in [0.3, 0.4) is 0 Å². The van der Waals surface area contributed by atoms with E-state index >= 15 is 0 Å². The molecule has 0 amide bonds. The number of allylic oxidation sites excluding steroid dienone is 9. The summed E-state index contributed by atoms with van der Waals surface area (Å²) in [6.07, 6.45) is 27.4. The molecule has 0 aliphatic heterocycles. The van der Waals surface area contributed by atoms with Gasteiger partial charge in [0, 0.05) is 58.0 Å². The number of hydrogen-bond acceptors (Lipinski definition) is 4. The Hall–Kier alpha value is -6.65. The number of unbranched alkanes of at least 4 members (excludes halogenated alkanes) is 1. The van der Waals surface area contributed by atoms with Crippen molar-refractivity contribution in [2.75, 3.05) is 11.9 Å². The van der Waals surface area contributed by atoms with Crippen molar-refractivity contribution in [1.29, 1.82) is 0 Å². The minimum Gasteiger partial charge on any atom is -0.344 e. The standard InChI is InChI=1S/C53H48N4/c1-4-5-9-18-38(2)45-22-16-17-26-51(45)57(3)44-33-31-41(32-34-44)49-37-50(48-25-11-8-6-7-10-19-39-20-12-14-23-46(39)48)56-53(55-49)43-29-27-42(28-30-43)52-47-24-15-13-21-40(47)35-36-54-52/h4,6-8,10,12,14-18,20,22-37H,1,5,9,11,13,19,21H2,2-3H3/b8-6-,10-7-,38-18+,48-25+. The maximum absolute atomic E-state index is 5.32. The third-order valence-corrected chi connectivity index (χ3v) is 10.9. The van der Waals surface area contributed by atoms with Gasteiger partial charge in [0.25, 0.3) is 0 Å². The molecular weight excluding hydrogens is 693 g/mol. The highest BCUT2D eigenvalue weighted by atomic mass is 15.1. The first-order valence-electron chi connectivity index (χ1n) is 20.0. The molecule has 4 aromatic carbocycles. The highest BCUT2D eigenvalue weighted by molar-refractivity contribution is 5.84. The largest absolute Gasteiger partial charge is 0.344 e. The Morgan fingerprint density at radius 1 is 0.754 bits per heavy atom. The van der Waals surface area contributed by atoms with E-state index in [1.165, 1.54) is 39.1 Å². The quantitative estimate of drug-likeness (QED) is 0.104. The first kappa shape index (κ1) is 37.3. The van der Waals surface area contributed by atoms with Crippen molar-refractivity contribution in [3.05, 3.63) is 204 Å². The van der Waals surface area contributed by atoms with Gasteiger partial charge in [0.2, 0.25) is 0 Å². The Bertz CT molecular complexity index is 2550. The van der Waals surface area contributed by atoms with Crippen LogP contribution in [0.2, 0.25) is 0 Å². The van der Waals surface area contributed by atoms with E-state index in [-0.39, 0.29) is 0 Å². The third-order valence-electron chi connectivity index (χ3n) is 10.9. The van der Waals surface area contributed by atoms with Crippen LogP contribution in [-0.2, 0) is 12.8 Å². The van der Waals surface area contributed by atoms with Crippen LogP contribution in [0.5, 0.6) is 0 Å². The normalized spacial score (nSPS) is 15.8. The molecule has 0 spiro atoms. The molecule has 0 unspecified atom stereocenters. The molecule has 0 fully saturated rings. The van der Waals surface area contributed by atoms with Crippen LogP contribution in [0.25, 0.3) is 51.1 Å². The molecule has 4 heteroatoms. The molecule has 0 N–H and O–H groups in total. The number of hydrogen-bond donors (Lipinski definition) is 0. The van der Waals surface area contributed by atoms with Crippen LogP contribution in [0.15, 0.2) is 171 Å². The Morgan fingerprint density at radius 3 is 2.37 bits per heavy atom. The maximum Gasteiger partial charge on any atom is 0.160 e. The van der Waals surface area contributed by atoms with Crippen molar-refractivity contribution >= 4 is 28.6 Å². The van der Waals surface area contributed by atoms with Crippen molar-refractivity contribution < 1.29 is 0 Å². The number of rotatable bonds is 10. The summed E-state index contributed by atoms with van der Waals surface area (Å²) in [5.74, 6) is 0.691. The Balaban J connectivity index is 1.19. The van der Waals surface area contributed by atoms with Gasteiger partial charge in [-0.05, 0) is 98.0 Å². The van der Waals surface area contributed by atoms with Crippen molar-refractivity contribution in [3.63, 3.8) is 0 Å². The lowest BCUT2D eigenvalue weighted by Gasteiger charge is -2.23. The molecule has 8 rings (SSSR count). The van der Waals surface area contributed by atoms with Gasteiger partial charge >= 0.3 is 0 Å². The minimum absolute atomic E-state index is 0.691. The fraction of sp³-hybridized carbons (Fsp3) is 0.151. The molecule has 0 saturated heterocycles. The topological polar surface area (TPSA) is 41.9 Å².